The summed E-state index contributed by atoms with van der Waals surface area (Å²) in [6.07, 6.45) is 8.18. The first-order valence-corrected chi connectivity index (χ1v) is 10.7. The highest BCUT2D eigenvalue weighted by Crippen LogP contribution is 2.07. The number of aryl methyl sites for hydroxylation is 1. The quantitative estimate of drug-likeness (QED) is 0.278. The van der Waals surface area contributed by atoms with Crippen molar-refractivity contribution in [3.05, 3.63) is 12.7 Å². The fourth-order valence-corrected chi connectivity index (χ4v) is 2.64. The van der Waals surface area contributed by atoms with Crippen LogP contribution in [0, 0.1) is 0 Å². The molecule has 0 aromatic carbocycles. The molecule has 0 bridgehead atoms. The molecule has 9 nitrogen and oxygen atoms in total. The van der Waals surface area contributed by atoms with E-state index in [4.69, 9.17) is 4.74 Å². The van der Waals surface area contributed by atoms with Gasteiger partial charge in [-0.2, -0.15) is 0 Å². The molecule has 0 aliphatic heterocycles. The largest absolute Gasteiger partial charge is 0.444 e. The highest BCUT2D eigenvalue weighted by molar-refractivity contribution is 5.80. The molecule has 1 atom stereocenters. The second kappa shape index (κ2) is 13.8. The molecule has 9 heteroatoms. The standard InChI is InChI=1S/C20H39N7O2/c1-6-8-11-17(14-23-19(28)29-20(3,4)5)26-18(21-7-2)22-12-9-10-13-27-15-24-25-16-27/h15-17H,6-14H2,1-5H3,(H,23,28)(H2,21,22,26). The third-order valence-corrected chi connectivity index (χ3v) is 4.04. The van der Waals surface area contributed by atoms with Crippen molar-refractivity contribution in [2.45, 2.75) is 84.9 Å². The number of unbranched alkanes of at least 4 members (excludes halogenated alkanes) is 2. The van der Waals surface area contributed by atoms with Gasteiger partial charge in [0.05, 0.1) is 0 Å². The number of aromatic nitrogens is 3. The van der Waals surface area contributed by atoms with Gasteiger partial charge in [0.2, 0.25) is 0 Å². The van der Waals surface area contributed by atoms with Crippen LogP contribution < -0.4 is 16.0 Å². The Morgan fingerprint density at radius 2 is 1.86 bits per heavy atom. The van der Waals surface area contributed by atoms with E-state index in [0.717, 1.165) is 57.7 Å². The van der Waals surface area contributed by atoms with E-state index in [1.54, 1.807) is 12.7 Å². The molecule has 1 unspecified atom stereocenters. The summed E-state index contributed by atoms with van der Waals surface area (Å²) < 4.78 is 7.30. The number of aliphatic imine (C=N–C) groups is 1. The van der Waals surface area contributed by atoms with Crippen LogP contribution >= 0.6 is 0 Å². The minimum absolute atomic E-state index is 0.0947. The summed E-state index contributed by atoms with van der Waals surface area (Å²) in [5, 5.41) is 17.2. The number of guanidine groups is 1. The molecule has 1 amide bonds. The van der Waals surface area contributed by atoms with Crippen molar-refractivity contribution in [2.75, 3.05) is 19.6 Å². The second-order valence-electron chi connectivity index (χ2n) is 8.03. The molecule has 0 saturated heterocycles. The predicted molar refractivity (Wildman–Crippen MR) is 116 cm³/mol. The number of hydrogen-bond donors (Lipinski definition) is 3. The number of carbonyl (C=O) groups is 1. The van der Waals surface area contributed by atoms with E-state index < -0.39 is 11.7 Å². The maximum absolute atomic E-state index is 12.0. The molecule has 0 aliphatic rings. The van der Waals surface area contributed by atoms with Crippen LogP contribution in [0.15, 0.2) is 17.6 Å². The normalized spacial score (nSPS) is 13.1. The zero-order valence-electron chi connectivity index (χ0n) is 18.7. The SMILES string of the molecule is CCCCC(CNC(=O)OC(C)(C)C)NC(=NCCCCn1cnnc1)NCC. The van der Waals surface area contributed by atoms with Gasteiger partial charge in [-0.3, -0.25) is 4.99 Å². The summed E-state index contributed by atoms with van der Waals surface area (Å²) in [6, 6.07) is 0.0947. The van der Waals surface area contributed by atoms with E-state index >= 15 is 0 Å². The van der Waals surface area contributed by atoms with E-state index in [9.17, 15) is 4.79 Å². The van der Waals surface area contributed by atoms with Crippen LogP contribution in [0.5, 0.6) is 0 Å². The van der Waals surface area contributed by atoms with Crippen molar-refractivity contribution in [3.8, 4) is 0 Å². The fraction of sp³-hybridized carbons (Fsp3) is 0.800. The lowest BCUT2D eigenvalue weighted by Crippen LogP contribution is -2.49. The van der Waals surface area contributed by atoms with E-state index in [1.807, 2.05) is 32.3 Å². The van der Waals surface area contributed by atoms with Crippen LogP contribution in [0.25, 0.3) is 0 Å². The first-order valence-electron chi connectivity index (χ1n) is 10.7. The summed E-state index contributed by atoms with van der Waals surface area (Å²) in [5.41, 5.74) is -0.500. The average Bonchev–Trinajstić information content (AvgIpc) is 3.15. The van der Waals surface area contributed by atoms with Gasteiger partial charge in [0.1, 0.15) is 18.3 Å². The van der Waals surface area contributed by atoms with Gasteiger partial charge < -0.3 is 25.3 Å². The molecule has 0 fully saturated rings. The monoisotopic (exact) mass is 409 g/mol. The average molecular weight is 410 g/mol. The molecule has 0 saturated carbocycles. The molecule has 1 aromatic heterocycles. The Morgan fingerprint density at radius 1 is 1.14 bits per heavy atom. The van der Waals surface area contributed by atoms with Crippen molar-refractivity contribution in [3.63, 3.8) is 0 Å². The third-order valence-electron chi connectivity index (χ3n) is 4.04. The van der Waals surface area contributed by atoms with Gasteiger partial charge in [0.25, 0.3) is 0 Å². The van der Waals surface area contributed by atoms with Crippen molar-refractivity contribution in [1.29, 1.82) is 0 Å². The first kappa shape index (κ1) is 24.7. The summed E-state index contributed by atoms with van der Waals surface area (Å²) in [5.74, 6) is 0.781. The fourth-order valence-electron chi connectivity index (χ4n) is 2.64. The molecular formula is C20H39N7O2. The number of carbonyl (C=O) groups excluding carboxylic acids is 1. The molecule has 0 aliphatic carbocycles. The van der Waals surface area contributed by atoms with Gasteiger partial charge in [0, 0.05) is 32.2 Å². The van der Waals surface area contributed by atoms with E-state index in [-0.39, 0.29) is 6.04 Å². The zero-order valence-corrected chi connectivity index (χ0v) is 18.7. The molecule has 1 rings (SSSR count). The maximum Gasteiger partial charge on any atom is 0.407 e. The van der Waals surface area contributed by atoms with Gasteiger partial charge in [0.15, 0.2) is 5.96 Å². The van der Waals surface area contributed by atoms with Gasteiger partial charge in [-0.1, -0.05) is 19.8 Å². The molecule has 1 aromatic rings. The Balaban J connectivity index is 2.49. The van der Waals surface area contributed by atoms with Crippen LogP contribution in [0.1, 0.15) is 66.7 Å². The number of nitrogens with one attached hydrogen (secondary N) is 3. The minimum atomic E-state index is -0.500. The molecule has 0 radical (unpaired) electrons. The molecular weight excluding hydrogens is 370 g/mol. The van der Waals surface area contributed by atoms with Crippen molar-refractivity contribution in [1.82, 2.24) is 30.7 Å². The molecule has 0 spiro atoms. The topological polar surface area (TPSA) is 105 Å². The van der Waals surface area contributed by atoms with Crippen LogP contribution in [-0.4, -0.2) is 58.1 Å². The van der Waals surface area contributed by atoms with Gasteiger partial charge in [-0.05, 0) is 47.0 Å². The van der Waals surface area contributed by atoms with Gasteiger partial charge >= 0.3 is 6.09 Å². The summed E-state index contributed by atoms with van der Waals surface area (Å²) in [4.78, 5) is 16.6. The van der Waals surface area contributed by atoms with Gasteiger partial charge in [-0.15, -0.1) is 10.2 Å². The highest BCUT2D eigenvalue weighted by atomic mass is 16.6. The van der Waals surface area contributed by atoms with Crippen LogP contribution in [0.4, 0.5) is 4.79 Å². The lowest BCUT2D eigenvalue weighted by molar-refractivity contribution is 0.0522. The Morgan fingerprint density at radius 3 is 2.48 bits per heavy atom. The minimum Gasteiger partial charge on any atom is -0.444 e. The number of ether oxygens (including phenoxy) is 1. The van der Waals surface area contributed by atoms with E-state index in [1.165, 1.54) is 0 Å². The summed E-state index contributed by atoms with van der Waals surface area (Å²) >= 11 is 0. The van der Waals surface area contributed by atoms with Crippen LogP contribution in [-0.2, 0) is 11.3 Å². The van der Waals surface area contributed by atoms with E-state index in [0.29, 0.717) is 6.54 Å². The Hall–Kier alpha value is -2.32. The lowest BCUT2D eigenvalue weighted by Gasteiger charge is -2.24. The number of rotatable bonds is 12. The smallest absolute Gasteiger partial charge is 0.407 e. The highest BCUT2D eigenvalue weighted by Gasteiger charge is 2.18. The lowest BCUT2D eigenvalue weighted by atomic mass is 10.1. The van der Waals surface area contributed by atoms with Crippen molar-refractivity contribution < 1.29 is 9.53 Å². The molecule has 166 valence electrons. The Labute approximate surface area is 175 Å². The number of hydrogen-bond acceptors (Lipinski definition) is 5. The maximum atomic E-state index is 12.0. The zero-order chi connectivity index (χ0) is 21.5. The molecule has 1 heterocycles. The van der Waals surface area contributed by atoms with Crippen LogP contribution in [0.3, 0.4) is 0 Å². The number of alkyl carbamates (subject to hydrolysis) is 1. The van der Waals surface area contributed by atoms with Crippen LogP contribution in [0.2, 0.25) is 0 Å². The molecule has 29 heavy (non-hydrogen) atoms. The molecule has 3 N–H and O–H groups in total. The first-order chi connectivity index (χ1) is 13.8. The van der Waals surface area contributed by atoms with Crippen molar-refractivity contribution in [2.24, 2.45) is 4.99 Å². The third kappa shape index (κ3) is 12.7. The number of nitrogens with zero attached hydrogens (tertiary/aromatic N) is 4. The Bertz CT molecular complexity index is 582. The second-order valence-corrected chi connectivity index (χ2v) is 8.03. The van der Waals surface area contributed by atoms with E-state index in [2.05, 4.69) is 38.1 Å². The summed E-state index contributed by atoms with van der Waals surface area (Å²) in [6.45, 7) is 12.7. The Kier molecular flexibility index (Phi) is 11.8. The number of amides is 1. The van der Waals surface area contributed by atoms with Gasteiger partial charge in [-0.25, -0.2) is 4.79 Å². The predicted octanol–water partition coefficient (Wildman–Crippen LogP) is 2.70. The van der Waals surface area contributed by atoms with Crippen molar-refractivity contribution >= 4 is 12.1 Å². The summed E-state index contributed by atoms with van der Waals surface area (Å²) in [7, 11) is 0.